The van der Waals surface area contributed by atoms with Crippen molar-refractivity contribution in [3.8, 4) is 6.07 Å². The average molecular weight is 491 g/mol. The van der Waals surface area contributed by atoms with E-state index in [-0.39, 0.29) is 25.1 Å². The Bertz CT molecular complexity index is 1250. The molecule has 0 aromatic carbocycles. The van der Waals surface area contributed by atoms with Crippen molar-refractivity contribution in [2.75, 3.05) is 19.0 Å². The number of nitrogens with zero attached hydrogens (tertiary/aromatic N) is 3. The van der Waals surface area contributed by atoms with Crippen LogP contribution in [0.4, 0.5) is 5.00 Å². The van der Waals surface area contributed by atoms with Gasteiger partial charge in [0.05, 0.1) is 19.2 Å². The molecule has 2 amide bonds. The maximum Gasteiger partial charge on any atom is 0.228 e. The first kappa shape index (κ1) is 23.3. The van der Waals surface area contributed by atoms with E-state index in [1.807, 2.05) is 17.0 Å². The number of carbonyl (C=O) groups excluding carboxylic acids is 2. The SMILES string of the molecule is COC1=CCCC(C2CC2C(=O)Nc2sc3c(c2C#N)CCN(C(=O)CCc2cccnc2)C3)=C1.[HH]. The molecule has 1 aliphatic heterocycles. The van der Waals surface area contributed by atoms with E-state index in [0.29, 0.717) is 42.9 Å². The number of hydrogen-bond donors (Lipinski definition) is 1. The summed E-state index contributed by atoms with van der Waals surface area (Å²) >= 11 is 1.43. The predicted octanol–water partition coefficient (Wildman–Crippen LogP) is 4.60. The number of aromatic nitrogens is 1. The van der Waals surface area contributed by atoms with Crippen molar-refractivity contribution in [1.29, 1.82) is 5.26 Å². The Balaban J connectivity index is 0.00000304. The third kappa shape index (κ3) is 5.01. The summed E-state index contributed by atoms with van der Waals surface area (Å²) < 4.78 is 5.35. The van der Waals surface area contributed by atoms with E-state index in [2.05, 4.69) is 28.5 Å². The number of thiophene rings is 1. The molecule has 5 rings (SSSR count). The number of nitrogens with one attached hydrogen (secondary N) is 1. The van der Waals surface area contributed by atoms with Gasteiger partial charge in [0.15, 0.2) is 0 Å². The molecule has 2 aromatic heterocycles. The maximum atomic E-state index is 13.0. The van der Waals surface area contributed by atoms with Gasteiger partial charge in [0.2, 0.25) is 11.8 Å². The standard InChI is InChI=1S/C27H28N4O3S.H2/c1-34-19-6-2-5-18(12-19)21-13-22(21)26(33)30-27-23(14-28)20-9-11-31(16-24(20)35-27)25(32)8-7-17-4-3-10-29-15-17;/h3-4,6,10,12,15,21-22H,2,5,7-9,11,13,16H2,1H3,(H,30,33);1H. The third-order valence-electron chi connectivity index (χ3n) is 7.05. The molecule has 0 bridgehead atoms. The molecule has 2 aliphatic carbocycles. The first-order valence-electron chi connectivity index (χ1n) is 12.0. The summed E-state index contributed by atoms with van der Waals surface area (Å²) in [7, 11) is 1.67. The number of nitriles is 1. The van der Waals surface area contributed by atoms with Gasteiger partial charge < -0.3 is 15.0 Å². The molecule has 1 saturated carbocycles. The highest BCUT2D eigenvalue weighted by atomic mass is 32.1. The minimum Gasteiger partial charge on any atom is -0.497 e. The summed E-state index contributed by atoms with van der Waals surface area (Å²) in [6, 6.07) is 6.15. The molecule has 0 spiro atoms. The number of rotatable bonds is 7. The van der Waals surface area contributed by atoms with Crippen LogP contribution in [0.2, 0.25) is 0 Å². The molecule has 2 unspecified atom stereocenters. The van der Waals surface area contributed by atoms with Crippen molar-refractivity contribution in [2.24, 2.45) is 11.8 Å². The Morgan fingerprint density at radius 1 is 1.40 bits per heavy atom. The zero-order valence-electron chi connectivity index (χ0n) is 19.8. The Morgan fingerprint density at radius 2 is 2.29 bits per heavy atom. The van der Waals surface area contributed by atoms with Crippen LogP contribution in [0, 0.1) is 23.2 Å². The van der Waals surface area contributed by atoms with Gasteiger partial charge in [0.25, 0.3) is 0 Å². The lowest BCUT2D eigenvalue weighted by molar-refractivity contribution is -0.132. The molecule has 2 atom stereocenters. The monoisotopic (exact) mass is 490 g/mol. The second-order valence-electron chi connectivity index (χ2n) is 9.25. The minimum absolute atomic E-state index is 0. The fourth-order valence-electron chi connectivity index (χ4n) is 5.01. The van der Waals surface area contributed by atoms with E-state index in [4.69, 9.17) is 4.74 Å². The molecule has 3 aliphatic rings. The molecule has 0 radical (unpaired) electrons. The fraction of sp³-hybridized carbons (Fsp3) is 0.407. The van der Waals surface area contributed by atoms with Gasteiger partial charge in [0.1, 0.15) is 16.8 Å². The molecule has 8 heteroatoms. The zero-order chi connectivity index (χ0) is 24.4. The van der Waals surface area contributed by atoms with E-state index in [1.54, 1.807) is 19.5 Å². The molecule has 0 saturated heterocycles. The summed E-state index contributed by atoms with van der Waals surface area (Å²) in [5.74, 6) is 1.14. The molecule has 2 aromatic rings. The van der Waals surface area contributed by atoms with Gasteiger partial charge in [-0.1, -0.05) is 11.6 Å². The number of allylic oxidation sites excluding steroid dienone is 3. The topological polar surface area (TPSA) is 95.3 Å². The number of carbonyl (C=O) groups is 2. The van der Waals surface area contributed by atoms with E-state index in [9.17, 15) is 14.9 Å². The van der Waals surface area contributed by atoms with Crippen molar-refractivity contribution in [1.82, 2.24) is 9.88 Å². The van der Waals surface area contributed by atoms with Gasteiger partial charge >= 0.3 is 0 Å². The second kappa shape index (κ2) is 10.0. The highest BCUT2D eigenvalue weighted by Gasteiger charge is 2.45. The van der Waals surface area contributed by atoms with Crippen molar-refractivity contribution in [3.05, 3.63) is 69.6 Å². The number of fused-ring (bicyclic) bond motifs is 1. The third-order valence-corrected chi connectivity index (χ3v) is 8.19. The van der Waals surface area contributed by atoms with Crippen molar-refractivity contribution in [3.63, 3.8) is 0 Å². The van der Waals surface area contributed by atoms with Crippen LogP contribution in [0.5, 0.6) is 0 Å². The number of hydrogen-bond acceptors (Lipinski definition) is 6. The van der Waals surface area contributed by atoms with E-state index < -0.39 is 0 Å². The number of amides is 2. The van der Waals surface area contributed by atoms with Crippen molar-refractivity contribution in [2.45, 2.75) is 45.1 Å². The smallest absolute Gasteiger partial charge is 0.228 e. The van der Waals surface area contributed by atoms with Crippen LogP contribution >= 0.6 is 11.3 Å². The van der Waals surface area contributed by atoms with E-state index in [1.165, 1.54) is 16.9 Å². The number of methoxy groups -OCH3 is 1. The van der Waals surface area contributed by atoms with Gasteiger partial charge in [-0.15, -0.1) is 11.3 Å². The molecule has 1 N–H and O–H groups in total. The lowest BCUT2D eigenvalue weighted by Crippen LogP contribution is -2.35. The number of aryl methyl sites for hydroxylation is 1. The number of anilines is 1. The molecule has 35 heavy (non-hydrogen) atoms. The van der Waals surface area contributed by atoms with Crippen LogP contribution in [0.25, 0.3) is 0 Å². The van der Waals surface area contributed by atoms with Gasteiger partial charge in [-0.05, 0) is 67.4 Å². The van der Waals surface area contributed by atoms with Crippen LogP contribution in [0.15, 0.2) is 48.0 Å². The van der Waals surface area contributed by atoms with Gasteiger partial charge in [-0.2, -0.15) is 5.26 Å². The molecule has 182 valence electrons. The van der Waals surface area contributed by atoms with Gasteiger partial charge in [-0.25, -0.2) is 0 Å². The van der Waals surface area contributed by atoms with Gasteiger partial charge in [0, 0.05) is 37.6 Å². The molecular weight excluding hydrogens is 460 g/mol. The summed E-state index contributed by atoms with van der Waals surface area (Å²) in [4.78, 5) is 32.8. The van der Waals surface area contributed by atoms with Crippen LogP contribution in [0.3, 0.4) is 0 Å². The summed E-state index contributed by atoms with van der Waals surface area (Å²) in [6.07, 6.45) is 12.1. The predicted molar refractivity (Wildman–Crippen MR) is 135 cm³/mol. The van der Waals surface area contributed by atoms with Crippen LogP contribution < -0.4 is 5.32 Å². The minimum atomic E-state index is -0.0614. The zero-order valence-corrected chi connectivity index (χ0v) is 20.6. The maximum absolute atomic E-state index is 13.0. The Kier molecular flexibility index (Phi) is 6.69. The summed E-state index contributed by atoms with van der Waals surface area (Å²) in [6.45, 7) is 1.08. The second-order valence-corrected chi connectivity index (χ2v) is 10.4. The number of pyridine rings is 1. The van der Waals surface area contributed by atoms with Crippen LogP contribution in [0.1, 0.15) is 48.7 Å². The number of ether oxygens (including phenoxy) is 1. The van der Waals surface area contributed by atoms with Crippen LogP contribution in [-0.4, -0.2) is 35.4 Å². The van der Waals surface area contributed by atoms with E-state index >= 15 is 0 Å². The molecule has 3 heterocycles. The molecular formula is C27H30N4O3S. The molecule has 7 nitrogen and oxygen atoms in total. The quantitative estimate of drug-likeness (QED) is 0.612. The van der Waals surface area contributed by atoms with Gasteiger partial charge in [-0.3, -0.25) is 14.6 Å². The normalized spacial score (nSPS) is 20.7. The lowest BCUT2D eigenvalue weighted by Gasteiger charge is -2.27. The Hall–Kier alpha value is -3.44. The van der Waals surface area contributed by atoms with Crippen LogP contribution in [-0.2, 0) is 33.7 Å². The van der Waals surface area contributed by atoms with Crippen molar-refractivity contribution < 1.29 is 15.8 Å². The largest absolute Gasteiger partial charge is 0.497 e. The first-order valence-corrected chi connectivity index (χ1v) is 12.9. The Morgan fingerprint density at radius 3 is 3.06 bits per heavy atom. The average Bonchev–Trinajstić information content (AvgIpc) is 3.63. The highest BCUT2D eigenvalue weighted by molar-refractivity contribution is 7.16. The van der Waals surface area contributed by atoms with Crippen molar-refractivity contribution >= 4 is 28.2 Å². The fourth-order valence-corrected chi connectivity index (χ4v) is 6.22. The molecule has 1 fully saturated rings. The summed E-state index contributed by atoms with van der Waals surface area (Å²) in [5.41, 5.74) is 3.85. The van der Waals surface area contributed by atoms with E-state index in [0.717, 1.165) is 41.0 Å². The highest BCUT2D eigenvalue weighted by Crippen LogP contribution is 2.48. The Labute approximate surface area is 210 Å². The summed E-state index contributed by atoms with van der Waals surface area (Å²) in [5, 5.41) is 13.5. The lowest BCUT2D eigenvalue weighted by atomic mass is 9.98. The first-order chi connectivity index (χ1) is 17.1.